The van der Waals surface area contributed by atoms with E-state index in [2.05, 4.69) is 79.7 Å². The van der Waals surface area contributed by atoms with Gasteiger partial charge in [0.25, 0.3) is 0 Å². The Balaban J connectivity index is 1.29. The Hall–Kier alpha value is -3.52. The van der Waals surface area contributed by atoms with Crippen LogP contribution >= 0.6 is 0 Å². The van der Waals surface area contributed by atoms with Crippen LogP contribution in [0.4, 0.5) is 0 Å². The lowest BCUT2D eigenvalue weighted by Crippen LogP contribution is -2.17. The number of aryl methyl sites for hydroxylation is 3. The van der Waals surface area contributed by atoms with Crippen LogP contribution in [0, 0.1) is 6.92 Å². The van der Waals surface area contributed by atoms with Crippen LogP contribution in [-0.2, 0) is 25.7 Å². The number of hydrogen-bond donors (Lipinski definition) is 0. The van der Waals surface area contributed by atoms with Crippen LogP contribution in [0.15, 0.2) is 72.8 Å². The van der Waals surface area contributed by atoms with E-state index in [9.17, 15) is 0 Å². The van der Waals surface area contributed by atoms with Gasteiger partial charge in [0.15, 0.2) is 0 Å². The van der Waals surface area contributed by atoms with E-state index >= 15 is 0 Å². The monoisotopic (exact) mass is 500 g/mol. The molecule has 1 heterocycles. The summed E-state index contributed by atoms with van der Waals surface area (Å²) in [5, 5.41) is 0. The molecule has 7 rings (SSSR count). The SMILES string of the molecule is Cc1ccc(-c2ccc(C3COc4ccc5c(c4-c4c(ccc6c4CCCC6)OC3)CCCC5)cc2)cc1. The fourth-order valence-electron chi connectivity index (χ4n) is 6.72. The van der Waals surface area contributed by atoms with E-state index in [1.165, 1.54) is 94.2 Å². The molecule has 2 aliphatic carbocycles. The first-order valence-electron chi connectivity index (χ1n) is 14.5. The molecule has 0 saturated heterocycles. The summed E-state index contributed by atoms with van der Waals surface area (Å²) in [6.07, 6.45) is 9.68. The van der Waals surface area contributed by atoms with Crippen molar-refractivity contribution >= 4 is 0 Å². The molecule has 2 heteroatoms. The zero-order valence-corrected chi connectivity index (χ0v) is 22.4. The van der Waals surface area contributed by atoms with Crippen LogP contribution in [0.25, 0.3) is 22.3 Å². The van der Waals surface area contributed by atoms with Gasteiger partial charge in [-0.2, -0.15) is 0 Å². The Morgan fingerprint density at radius 1 is 0.526 bits per heavy atom. The Bertz CT molecular complexity index is 1390. The highest BCUT2D eigenvalue weighted by molar-refractivity contribution is 5.84. The first-order chi connectivity index (χ1) is 18.7. The third-order valence-corrected chi connectivity index (χ3v) is 8.89. The van der Waals surface area contributed by atoms with Gasteiger partial charge in [-0.3, -0.25) is 0 Å². The molecule has 0 fully saturated rings. The fraction of sp³-hybridized carbons (Fsp3) is 0.333. The van der Waals surface area contributed by atoms with Gasteiger partial charge in [0.05, 0.1) is 19.1 Å². The molecule has 0 N–H and O–H groups in total. The normalized spacial score (nSPS) is 16.9. The molecule has 0 atom stereocenters. The third kappa shape index (κ3) is 4.30. The molecule has 192 valence electrons. The van der Waals surface area contributed by atoms with Crippen molar-refractivity contribution in [3.05, 3.63) is 106 Å². The molecular weight excluding hydrogens is 464 g/mol. The lowest BCUT2D eigenvalue weighted by molar-refractivity contribution is 0.223. The second-order valence-electron chi connectivity index (χ2n) is 11.4. The van der Waals surface area contributed by atoms with Gasteiger partial charge in [0.1, 0.15) is 11.5 Å². The number of hydrogen-bond acceptors (Lipinski definition) is 2. The zero-order valence-electron chi connectivity index (χ0n) is 22.4. The smallest absolute Gasteiger partial charge is 0.127 e. The van der Waals surface area contributed by atoms with Crippen LogP contribution in [0.2, 0.25) is 0 Å². The Morgan fingerprint density at radius 2 is 1.00 bits per heavy atom. The highest BCUT2D eigenvalue weighted by Gasteiger charge is 2.28. The number of ether oxygens (including phenoxy) is 2. The fourth-order valence-corrected chi connectivity index (χ4v) is 6.72. The molecule has 4 aromatic carbocycles. The first kappa shape index (κ1) is 23.6. The Kier molecular flexibility index (Phi) is 6.20. The van der Waals surface area contributed by atoms with Crippen molar-refractivity contribution in [3.8, 4) is 33.8 Å². The lowest BCUT2D eigenvalue weighted by atomic mass is 9.80. The number of rotatable bonds is 2. The molecule has 4 aromatic rings. The predicted molar refractivity (Wildman–Crippen MR) is 156 cm³/mol. The van der Waals surface area contributed by atoms with Crippen LogP contribution in [0.1, 0.15) is 65.0 Å². The van der Waals surface area contributed by atoms with E-state index in [1.807, 2.05) is 0 Å². The van der Waals surface area contributed by atoms with Crippen molar-refractivity contribution < 1.29 is 9.47 Å². The molecule has 0 unspecified atom stereocenters. The lowest BCUT2D eigenvalue weighted by Gasteiger charge is -2.27. The quantitative estimate of drug-likeness (QED) is 0.274. The van der Waals surface area contributed by atoms with Crippen molar-refractivity contribution in [3.63, 3.8) is 0 Å². The summed E-state index contributed by atoms with van der Waals surface area (Å²) in [5.41, 5.74) is 13.7. The molecule has 0 amide bonds. The highest BCUT2D eigenvalue weighted by Crippen LogP contribution is 2.47. The van der Waals surface area contributed by atoms with E-state index in [0.29, 0.717) is 13.2 Å². The third-order valence-electron chi connectivity index (χ3n) is 8.89. The van der Waals surface area contributed by atoms with Crippen molar-refractivity contribution in [2.24, 2.45) is 0 Å². The Morgan fingerprint density at radius 3 is 1.53 bits per heavy atom. The summed E-state index contributed by atoms with van der Waals surface area (Å²) < 4.78 is 13.5. The molecule has 0 aromatic heterocycles. The zero-order chi connectivity index (χ0) is 25.5. The summed E-state index contributed by atoms with van der Waals surface area (Å²) in [4.78, 5) is 0. The van der Waals surface area contributed by atoms with Crippen molar-refractivity contribution in [1.29, 1.82) is 0 Å². The van der Waals surface area contributed by atoms with E-state index in [-0.39, 0.29) is 5.92 Å². The van der Waals surface area contributed by atoms with Crippen LogP contribution < -0.4 is 9.47 Å². The minimum atomic E-state index is 0.160. The molecule has 1 aliphatic heterocycles. The van der Waals surface area contributed by atoms with Gasteiger partial charge in [0.2, 0.25) is 0 Å². The second kappa shape index (κ2) is 9.98. The Labute approximate surface area is 226 Å². The van der Waals surface area contributed by atoms with Crippen molar-refractivity contribution in [2.75, 3.05) is 13.2 Å². The van der Waals surface area contributed by atoms with Gasteiger partial charge in [-0.15, -0.1) is 0 Å². The molecule has 0 saturated carbocycles. The summed E-state index contributed by atoms with van der Waals surface area (Å²) in [6, 6.07) is 26.9. The van der Waals surface area contributed by atoms with Crippen LogP contribution in [0.5, 0.6) is 11.5 Å². The average molecular weight is 501 g/mol. The predicted octanol–water partition coefficient (Wildman–Crippen LogP) is 8.64. The summed E-state index contributed by atoms with van der Waals surface area (Å²) in [6.45, 7) is 3.36. The topological polar surface area (TPSA) is 18.5 Å². The van der Waals surface area contributed by atoms with E-state index in [1.54, 1.807) is 0 Å². The minimum absolute atomic E-state index is 0.160. The highest BCUT2D eigenvalue weighted by atomic mass is 16.5. The van der Waals surface area contributed by atoms with Gasteiger partial charge in [-0.25, -0.2) is 0 Å². The molecule has 0 bridgehead atoms. The van der Waals surface area contributed by atoms with Gasteiger partial charge in [-0.05, 0) is 109 Å². The van der Waals surface area contributed by atoms with Gasteiger partial charge in [-0.1, -0.05) is 66.2 Å². The van der Waals surface area contributed by atoms with E-state index < -0.39 is 0 Å². The summed E-state index contributed by atoms with van der Waals surface area (Å²) in [7, 11) is 0. The standard InChI is InChI=1S/C36H36O2/c1-24-10-12-25(13-11-24)26-14-16-27(17-15-26)30-22-37-33-20-18-28-6-2-4-8-31(28)35(33)36-32-9-5-3-7-29(32)19-21-34(36)38-23-30/h10-21,30H,2-9,22-23H2,1H3. The maximum absolute atomic E-state index is 6.74. The van der Waals surface area contributed by atoms with Crippen LogP contribution in [-0.4, -0.2) is 13.2 Å². The molecule has 2 nitrogen and oxygen atoms in total. The minimum Gasteiger partial charge on any atom is -0.492 e. The summed E-state index contributed by atoms with van der Waals surface area (Å²) >= 11 is 0. The number of fused-ring (bicyclic) bond motifs is 7. The molecule has 0 radical (unpaired) electrons. The molecular formula is C36H36O2. The largest absolute Gasteiger partial charge is 0.492 e. The van der Waals surface area contributed by atoms with E-state index in [0.717, 1.165) is 24.3 Å². The first-order valence-corrected chi connectivity index (χ1v) is 14.5. The van der Waals surface area contributed by atoms with E-state index in [4.69, 9.17) is 9.47 Å². The van der Waals surface area contributed by atoms with Gasteiger partial charge < -0.3 is 9.47 Å². The van der Waals surface area contributed by atoms with Crippen LogP contribution in [0.3, 0.4) is 0 Å². The molecule has 38 heavy (non-hydrogen) atoms. The maximum Gasteiger partial charge on any atom is 0.127 e. The van der Waals surface area contributed by atoms with Gasteiger partial charge >= 0.3 is 0 Å². The molecule has 3 aliphatic rings. The molecule has 0 spiro atoms. The average Bonchev–Trinajstić information content (AvgIpc) is 3.05. The van der Waals surface area contributed by atoms with Crippen molar-refractivity contribution in [1.82, 2.24) is 0 Å². The number of benzene rings is 4. The van der Waals surface area contributed by atoms with Crippen molar-refractivity contribution in [2.45, 2.75) is 64.2 Å². The maximum atomic E-state index is 6.74. The van der Waals surface area contributed by atoms with Gasteiger partial charge in [0, 0.05) is 11.1 Å². The second-order valence-corrected chi connectivity index (χ2v) is 11.4. The summed E-state index contributed by atoms with van der Waals surface area (Å²) in [5.74, 6) is 2.24.